The Morgan fingerprint density at radius 1 is 1.28 bits per heavy atom. The summed E-state index contributed by atoms with van der Waals surface area (Å²) in [6.07, 6.45) is 5.68. The number of benzene rings is 1. The Morgan fingerprint density at radius 2 is 2.06 bits per heavy atom. The van der Waals surface area contributed by atoms with E-state index in [9.17, 15) is 4.79 Å². The van der Waals surface area contributed by atoms with Crippen molar-refractivity contribution in [3.8, 4) is 0 Å². The van der Waals surface area contributed by atoms with E-state index in [0.717, 1.165) is 31.4 Å². The van der Waals surface area contributed by atoms with Crippen LogP contribution in [0.4, 0.5) is 0 Å². The van der Waals surface area contributed by atoms with Crippen molar-refractivity contribution in [3.05, 3.63) is 53.3 Å². The zero-order valence-electron chi connectivity index (χ0n) is 10.7. The van der Waals surface area contributed by atoms with Gasteiger partial charge in [0.15, 0.2) is 6.29 Å². The molecule has 0 saturated carbocycles. The lowest BCUT2D eigenvalue weighted by molar-refractivity contribution is 0.112. The van der Waals surface area contributed by atoms with Crippen LogP contribution >= 0.6 is 0 Å². The average molecular weight is 242 g/mol. The van der Waals surface area contributed by atoms with Gasteiger partial charge in [0.2, 0.25) is 0 Å². The lowest BCUT2D eigenvalue weighted by Gasteiger charge is -1.99. The van der Waals surface area contributed by atoms with E-state index in [2.05, 4.69) is 24.2 Å². The maximum atomic E-state index is 11.1. The van der Waals surface area contributed by atoms with Crippen LogP contribution in [0, 0.1) is 0 Å². The van der Waals surface area contributed by atoms with E-state index in [4.69, 9.17) is 0 Å². The van der Waals surface area contributed by atoms with Crippen molar-refractivity contribution in [1.82, 2.24) is 9.78 Å². The minimum atomic E-state index is 0.704. The van der Waals surface area contributed by atoms with Gasteiger partial charge in [-0.3, -0.25) is 9.48 Å². The number of hydrogen-bond acceptors (Lipinski definition) is 2. The largest absolute Gasteiger partial charge is 0.298 e. The molecule has 3 heteroatoms. The predicted octanol–water partition coefficient (Wildman–Crippen LogP) is 3.09. The number of unbranched alkanes of at least 4 members (excludes halogenated alkanes) is 1. The van der Waals surface area contributed by atoms with Gasteiger partial charge in [-0.2, -0.15) is 5.10 Å². The summed E-state index contributed by atoms with van der Waals surface area (Å²) in [5, 5.41) is 4.50. The topological polar surface area (TPSA) is 34.9 Å². The first-order valence-electron chi connectivity index (χ1n) is 6.39. The monoisotopic (exact) mass is 242 g/mol. The minimum absolute atomic E-state index is 0.704. The van der Waals surface area contributed by atoms with E-state index < -0.39 is 0 Å². The molecule has 2 rings (SSSR count). The third-order valence-corrected chi connectivity index (χ3v) is 2.95. The van der Waals surface area contributed by atoms with E-state index in [1.54, 1.807) is 0 Å². The lowest BCUT2D eigenvalue weighted by atomic mass is 10.1. The van der Waals surface area contributed by atoms with Crippen LogP contribution in [0.15, 0.2) is 36.5 Å². The molecule has 0 N–H and O–H groups in total. The van der Waals surface area contributed by atoms with Gasteiger partial charge in [-0.05, 0) is 12.0 Å². The van der Waals surface area contributed by atoms with E-state index in [1.165, 1.54) is 5.56 Å². The van der Waals surface area contributed by atoms with Crippen molar-refractivity contribution in [1.29, 1.82) is 0 Å². The molecule has 0 aliphatic heterocycles. The molecule has 1 aromatic carbocycles. The van der Waals surface area contributed by atoms with Gasteiger partial charge in [0.1, 0.15) is 0 Å². The molecule has 0 amide bonds. The van der Waals surface area contributed by atoms with Crippen LogP contribution in [-0.2, 0) is 13.0 Å². The Kier molecular flexibility index (Phi) is 4.29. The fourth-order valence-electron chi connectivity index (χ4n) is 1.94. The van der Waals surface area contributed by atoms with Crippen LogP contribution in [0.3, 0.4) is 0 Å². The summed E-state index contributed by atoms with van der Waals surface area (Å²) >= 11 is 0. The average Bonchev–Trinajstić information content (AvgIpc) is 2.80. The fraction of sp³-hybridized carbons (Fsp3) is 0.333. The number of aromatic nitrogens is 2. The van der Waals surface area contributed by atoms with Gasteiger partial charge in [0.05, 0.1) is 11.3 Å². The maximum absolute atomic E-state index is 11.1. The van der Waals surface area contributed by atoms with Crippen molar-refractivity contribution in [2.45, 2.75) is 32.7 Å². The van der Waals surface area contributed by atoms with Gasteiger partial charge >= 0.3 is 0 Å². The first-order chi connectivity index (χ1) is 8.83. The van der Waals surface area contributed by atoms with Gasteiger partial charge in [0.25, 0.3) is 0 Å². The normalized spacial score (nSPS) is 10.5. The third kappa shape index (κ3) is 3.06. The molecule has 1 aromatic heterocycles. The minimum Gasteiger partial charge on any atom is -0.298 e. The molecule has 2 aromatic rings. The molecule has 0 bridgehead atoms. The summed E-state index contributed by atoms with van der Waals surface area (Å²) in [4.78, 5) is 11.1. The SMILES string of the molecule is CCCCn1cc(C=O)c(Cc2ccccc2)n1. The van der Waals surface area contributed by atoms with Crippen molar-refractivity contribution in [2.24, 2.45) is 0 Å². The molecule has 0 saturated heterocycles. The Morgan fingerprint density at radius 3 is 2.72 bits per heavy atom. The Balaban J connectivity index is 2.16. The molecule has 3 nitrogen and oxygen atoms in total. The highest BCUT2D eigenvalue weighted by atomic mass is 16.1. The Labute approximate surface area is 107 Å². The molecular formula is C15H18N2O. The van der Waals surface area contributed by atoms with Crippen LogP contribution < -0.4 is 0 Å². The molecule has 94 valence electrons. The van der Waals surface area contributed by atoms with Crippen LogP contribution in [0.2, 0.25) is 0 Å². The summed E-state index contributed by atoms with van der Waals surface area (Å²) in [6.45, 7) is 3.03. The zero-order valence-corrected chi connectivity index (χ0v) is 10.7. The number of nitrogens with zero attached hydrogens (tertiary/aromatic N) is 2. The highest BCUT2D eigenvalue weighted by Gasteiger charge is 2.08. The predicted molar refractivity (Wildman–Crippen MR) is 71.8 cm³/mol. The van der Waals surface area contributed by atoms with Crippen LogP contribution in [0.25, 0.3) is 0 Å². The van der Waals surface area contributed by atoms with E-state index in [-0.39, 0.29) is 0 Å². The fourth-order valence-corrected chi connectivity index (χ4v) is 1.94. The van der Waals surface area contributed by atoms with Crippen LogP contribution in [-0.4, -0.2) is 16.1 Å². The second kappa shape index (κ2) is 6.15. The van der Waals surface area contributed by atoms with E-state index >= 15 is 0 Å². The van der Waals surface area contributed by atoms with Crippen molar-refractivity contribution < 1.29 is 4.79 Å². The third-order valence-electron chi connectivity index (χ3n) is 2.95. The number of carbonyl (C=O) groups is 1. The molecule has 1 heterocycles. The maximum Gasteiger partial charge on any atom is 0.153 e. The second-order valence-corrected chi connectivity index (χ2v) is 4.43. The lowest BCUT2D eigenvalue weighted by Crippen LogP contribution is -1.99. The molecule has 0 aliphatic carbocycles. The molecular weight excluding hydrogens is 224 g/mol. The van der Waals surface area contributed by atoms with Crippen LogP contribution in [0.5, 0.6) is 0 Å². The highest BCUT2D eigenvalue weighted by molar-refractivity contribution is 5.76. The van der Waals surface area contributed by atoms with Crippen molar-refractivity contribution in [2.75, 3.05) is 0 Å². The highest BCUT2D eigenvalue weighted by Crippen LogP contribution is 2.12. The number of rotatable bonds is 6. The zero-order chi connectivity index (χ0) is 12.8. The standard InChI is InChI=1S/C15H18N2O/c1-2-3-9-17-11-14(12-18)15(16-17)10-13-7-5-4-6-8-13/h4-8,11-12H,2-3,9-10H2,1H3. The molecule has 0 fully saturated rings. The van der Waals surface area contributed by atoms with Gasteiger partial charge < -0.3 is 0 Å². The van der Waals surface area contributed by atoms with Crippen molar-refractivity contribution >= 4 is 6.29 Å². The molecule has 0 aliphatic rings. The first-order valence-corrected chi connectivity index (χ1v) is 6.39. The summed E-state index contributed by atoms with van der Waals surface area (Å²) in [5.41, 5.74) is 2.75. The van der Waals surface area contributed by atoms with Gasteiger partial charge in [-0.1, -0.05) is 43.7 Å². The molecule has 0 radical (unpaired) electrons. The van der Waals surface area contributed by atoms with Gasteiger partial charge in [0, 0.05) is 19.2 Å². The Bertz CT molecular complexity index is 502. The summed E-state index contributed by atoms with van der Waals surface area (Å²) in [6, 6.07) is 10.1. The number of hydrogen-bond donors (Lipinski definition) is 0. The second-order valence-electron chi connectivity index (χ2n) is 4.43. The molecule has 18 heavy (non-hydrogen) atoms. The molecule has 0 unspecified atom stereocenters. The smallest absolute Gasteiger partial charge is 0.153 e. The quantitative estimate of drug-likeness (QED) is 0.730. The number of aryl methyl sites for hydroxylation is 1. The summed E-state index contributed by atoms with van der Waals surface area (Å²) < 4.78 is 1.88. The molecule has 0 spiro atoms. The van der Waals surface area contributed by atoms with Crippen LogP contribution in [0.1, 0.15) is 41.4 Å². The van der Waals surface area contributed by atoms with Gasteiger partial charge in [-0.25, -0.2) is 0 Å². The summed E-state index contributed by atoms with van der Waals surface area (Å²) in [5.74, 6) is 0. The molecule has 0 atom stereocenters. The Hall–Kier alpha value is -1.90. The summed E-state index contributed by atoms with van der Waals surface area (Å²) in [7, 11) is 0. The first kappa shape index (κ1) is 12.6. The number of aldehydes is 1. The van der Waals surface area contributed by atoms with Gasteiger partial charge in [-0.15, -0.1) is 0 Å². The number of carbonyl (C=O) groups excluding carboxylic acids is 1. The van der Waals surface area contributed by atoms with E-state index in [0.29, 0.717) is 12.0 Å². The van der Waals surface area contributed by atoms with E-state index in [1.807, 2.05) is 29.1 Å². The van der Waals surface area contributed by atoms with Crippen molar-refractivity contribution in [3.63, 3.8) is 0 Å².